The maximum absolute atomic E-state index is 13.7. The van der Waals surface area contributed by atoms with E-state index in [-0.39, 0.29) is 60.2 Å². The van der Waals surface area contributed by atoms with Crippen molar-refractivity contribution >= 4 is 17.5 Å². The molecule has 0 radical (unpaired) electrons. The number of morpholine rings is 1. The van der Waals surface area contributed by atoms with Crippen molar-refractivity contribution in [2.24, 2.45) is 0 Å². The minimum absolute atomic E-state index is 0.00438. The number of piperazine rings is 1. The third kappa shape index (κ3) is 7.29. The molecule has 2 saturated heterocycles. The first-order valence-electron chi connectivity index (χ1n) is 15.6. The van der Waals surface area contributed by atoms with Gasteiger partial charge in [0, 0.05) is 50.7 Å². The van der Waals surface area contributed by atoms with Gasteiger partial charge in [-0.1, -0.05) is 12.1 Å². The van der Waals surface area contributed by atoms with E-state index >= 15 is 0 Å². The van der Waals surface area contributed by atoms with Gasteiger partial charge >= 0.3 is 6.18 Å². The lowest BCUT2D eigenvalue weighted by Gasteiger charge is -2.56. The van der Waals surface area contributed by atoms with Crippen molar-refractivity contribution < 1.29 is 36.6 Å². The Kier molecular flexibility index (Phi) is 9.92. The molecule has 10 nitrogen and oxygen atoms in total. The van der Waals surface area contributed by atoms with Gasteiger partial charge in [-0.3, -0.25) is 24.3 Å². The van der Waals surface area contributed by atoms with Gasteiger partial charge in [0.05, 0.1) is 13.2 Å². The van der Waals surface area contributed by atoms with Crippen LogP contribution >= 0.6 is 0 Å². The molecule has 0 bridgehead atoms. The third-order valence-corrected chi connectivity index (χ3v) is 9.04. The number of benzene rings is 1. The number of fused-ring (bicyclic) bond motifs is 1. The molecule has 46 heavy (non-hydrogen) atoms. The first kappa shape index (κ1) is 34.0. The summed E-state index contributed by atoms with van der Waals surface area (Å²) in [5.74, 6) is -1.80. The summed E-state index contributed by atoms with van der Waals surface area (Å²) in [5, 5.41) is 5.46. The average Bonchev–Trinajstić information content (AvgIpc) is 2.98. The van der Waals surface area contributed by atoms with Gasteiger partial charge < -0.3 is 20.1 Å². The number of carbonyl (C=O) groups is 2. The van der Waals surface area contributed by atoms with Crippen LogP contribution in [-0.4, -0.2) is 109 Å². The van der Waals surface area contributed by atoms with Crippen LogP contribution in [0.4, 0.5) is 23.2 Å². The quantitative estimate of drug-likeness (QED) is 0.441. The van der Waals surface area contributed by atoms with Crippen LogP contribution in [0.5, 0.6) is 5.88 Å². The highest BCUT2D eigenvalue weighted by Gasteiger charge is 2.50. The van der Waals surface area contributed by atoms with Crippen molar-refractivity contribution in [2.45, 2.75) is 77.0 Å². The smallest absolute Gasteiger partial charge is 0.405 e. The van der Waals surface area contributed by atoms with E-state index in [0.29, 0.717) is 37.6 Å². The number of anilines is 1. The van der Waals surface area contributed by atoms with Crippen LogP contribution in [0.1, 0.15) is 56.2 Å². The van der Waals surface area contributed by atoms with Crippen LogP contribution in [0.3, 0.4) is 0 Å². The van der Waals surface area contributed by atoms with E-state index in [1.807, 2.05) is 12.2 Å². The maximum Gasteiger partial charge on any atom is 0.405 e. The second-order valence-electron chi connectivity index (χ2n) is 12.8. The number of aromatic nitrogens is 1. The Balaban J connectivity index is 1.54. The molecule has 3 unspecified atom stereocenters. The Morgan fingerprint density at radius 3 is 2.43 bits per heavy atom. The van der Waals surface area contributed by atoms with Crippen LogP contribution in [0.25, 0.3) is 0 Å². The molecule has 1 aromatic heterocycles. The van der Waals surface area contributed by atoms with Gasteiger partial charge in [0.15, 0.2) is 0 Å². The van der Waals surface area contributed by atoms with Gasteiger partial charge in [-0.05, 0) is 63.4 Å². The summed E-state index contributed by atoms with van der Waals surface area (Å²) >= 11 is 0. The molecule has 3 aliphatic rings. The molecule has 252 valence electrons. The van der Waals surface area contributed by atoms with Crippen molar-refractivity contribution in [3.8, 4) is 5.88 Å². The molecule has 2 fully saturated rings. The first-order chi connectivity index (χ1) is 21.7. The highest BCUT2D eigenvalue weighted by molar-refractivity contribution is 5.98. The molecular formula is C32H42F4N6O4. The monoisotopic (exact) mass is 650 g/mol. The number of hydrogen-bond donors (Lipinski definition) is 2. The summed E-state index contributed by atoms with van der Waals surface area (Å²) in [6, 6.07) is 7.69. The number of nitrogens with zero attached hydrogens (tertiary/aromatic N) is 4. The molecule has 1 aromatic carbocycles. The Morgan fingerprint density at radius 2 is 1.80 bits per heavy atom. The van der Waals surface area contributed by atoms with Crippen LogP contribution in [-0.2, 0) is 16.0 Å². The number of nitrogens with one attached hydrogen (secondary N) is 2. The minimum atomic E-state index is -4.63. The van der Waals surface area contributed by atoms with E-state index in [4.69, 9.17) is 9.47 Å². The lowest BCUT2D eigenvalue weighted by atomic mass is 9.96. The van der Waals surface area contributed by atoms with Gasteiger partial charge in [0.2, 0.25) is 11.8 Å². The fraction of sp³-hybridized carbons (Fsp3) is 0.594. The van der Waals surface area contributed by atoms with Crippen molar-refractivity contribution in [2.75, 3.05) is 50.9 Å². The van der Waals surface area contributed by atoms with E-state index in [9.17, 15) is 27.2 Å². The van der Waals surface area contributed by atoms with E-state index in [0.717, 1.165) is 6.54 Å². The Morgan fingerprint density at radius 1 is 1.13 bits per heavy atom. The molecule has 14 heteroatoms. The number of carbonyl (C=O) groups excluding carboxylic acids is 2. The van der Waals surface area contributed by atoms with Crippen molar-refractivity contribution in [1.29, 1.82) is 0 Å². The fourth-order valence-corrected chi connectivity index (χ4v) is 6.81. The second-order valence-corrected chi connectivity index (χ2v) is 12.8. The fourth-order valence-electron chi connectivity index (χ4n) is 6.81. The van der Waals surface area contributed by atoms with Crippen LogP contribution in [0.15, 0.2) is 30.3 Å². The molecule has 0 spiro atoms. The average molecular weight is 651 g/mol. The summed E-state index contributed by atoms with van der Waals surface area (Å²) in [4.78, 5) is 37.4. The van der Waals surface area contributed by atoms with Gasteiger partial charge in [-0.2, -0.15) is 13.2 Å². The molecule has 2 N–H and O–H groups in total. The zero-order valence-electron chi connectivity index (χ0n) is 26.8. The summed E-state index contributed by atoms with van der Waals surface area (Å²) in [6.45, 7) is 11.5. The van der Waals surface area contributed by atoms with Crippen molar-refractivity contribution in [3.63, 3.8) is 0 Å². The van der Waals surface area contributed by atoms with E-state index in [2.05, 4.69) is 40.9 Å². The Hall–Kier alpha value is -3.33. The SMILES string of the molecule is CC(=O)N1c2cc(Cc3ccc(F)cc3)c(C(=O)NCC(F)(F)F)nc2OCC1(C)N1CC(C)NCC1CN1[C@H](C)COC[C@H]1C. The van der Waals surface area contributed by atoms with Crippen LogP contribution in [0.2, 0.25) is 0 Å². The number of alkyl halides is 3. The predicted octanol–water partition coefficient (Wildman–Crippen LogP) is 3.34. The van der Waals surface area contributed by atoms with Gasteiger partial charge in [0.25, 0.3) is 5.91 Å². The second kappa shape index (κ2) is 13.4. The number of amides is 2. The third-order valence-electron chi connectivity index (χ3n) is 9.04. The predicted molar refractivity (Wildman–Crippen MR) is 163 cm³/mol. The van der Waals surface area contributed by atoms with Gasteiger partial charge in [-0.25, -0.2) is 9.37 Å². The standard InChI is InChI=1S/C32H42F4N6O4/c1-19-13-41(26(12-37-19)14-40-20(2)15-45-16-21(40)3)31(5)18-46-30-27(42(31)22(4)43)11-24(10-23-6-8-25(33)9-7-23)28(39-30)29(44)38-17-32(34,35)36/h6-9,11,19-21,26,37H,10,12-18H2,1-5H3,(H,38,44)/t19?,20-,21-,26?,31?/m1/s1. The maximum atomic E-state index is 13.7. The summed E-state index contributed by atoms with van der Waals surface area (Å²) < 4.78 is 64.6. The summed E-state index contributed by atoms with van der Waals surface area (Å²) in [7, 11) is 0. The van der Waals surface area contributed by atoms with Gasteiger partial charge in [0.1, 0.15) is 36.0 Å². The molecule has 2 aromatic rings. The first-order valence-corrected chi connectivity index (χ1v) is 15.6. The lowest BCUT2D eigenvalue weighted by molar-refractivity contribution is -0.124. The zero-order chi connectivity index (χ0) is 33.4. The summed E-state index contributed by atoms with van der Waals surface area (Å²) in [6.07, 6.45) is -4.57. The zero-order valence-corrected chi connectivity index (χ0v) is 26.8. The van der Waals surface area contributed by atoms with Gasteiger partial charge in [-0.15, -0.1) is 0 Å². The Bertz CT molecular complexity index is 1420. The van der Waals surface area contributed by atoms with Crippen molar-refractivity contribution in [1.82, 2.24) is 25.4 Å². The number of hydrogen-bond acceptors (Lipinski definition) is 8. The Labute approximate surface area is 266 Å². The van der Waals surface area contributed by atoms with E-state index in [1.54, 1.807) is 11.0 Å². The van der Waals surface area contributed by atoms with E-state index < -0.39 is 30.1 Å². The molecule has 3 aliphatic heterocycles. The molecule has 4 heterocycles. The molecule has 2 amide bonds. The number of rotatable bonds is 7. The summed E-state index contributed by atoms with van der Waals surface area (Å²) in [5.41, 5.74) is -0.0443. The molecule has 5 atom stereocenters. The number of halogens is 4. The molecular weight excluding hydrogens is 608 g/mol. The highest BCUT2D eigenvalue weighted by Crippen LogP contribution is 2.42. The number of pyridine rings is 1. The lowest BCUT2D eigenvalue weighted by Crippen LogP contribution is -2.74. The van der Waals surface area contributed by atoms with E-state index in [1.165, 1.54) is 31.2 Å². The van der Waals surface area contributed by atoms with Crippen LogP contribution < -0.4 is 20.3 Å². The molecule has 5 rings (SSSR count). The largest absolute Gasteiger partial charge is 0.472 e. The normalized spacial score (nSPS) is 27.5. The molecule has 0 saturated carbocycles. The van der Waals surface area contributed by atoms with Crippen LogP contribution in [0, 0.1) is 5.82 Å². The topological polar surface area (TPSA) is 99.3 Å². The molecule has 0 aliphatic carbocycles. The van der Waals surface area contributed by atoms with Crippen molar-refractivity contribution in [3.05, 3.63) is 53.0 Å². The highest BCUT2D eigenvalue weighted by atomic mass is 19.4. The minimum Gasteiger partial charge on any atom is -0.472 e. The number of ether oxygens (including phenoxy) is 2.